The van der Waals surface area contributed by atoms with E-state index < -0.39 is 5.97 Å². The van der Waals surface area contributed by atoms with Gasteiger partial charge in [-0.05, 0) is 24.8 Å². The number of furan rings is 1. The van der Waals surface area contributed by atoms with E-state index >= 15 is 0 Å². The summed E-state index contributed by atoms with van der Waals surface area (Å²) in [7, 11) is 1.34. The first kappa shape index (κ1) is 13.1. The van der Waals surface area contributed by atoms with Gasteiger partial charge in [0, 0.05) is 25.3 Å². The van der Waals surface area contributed by atoms with E-state index in [-0.39, 0.29) is 5.76 Å². The third kappa shape index (κ3) is 3.85. The maximum Gasteiger partial charge on any atom is 0.374 e. The lowest BCUT2D eigenvalue weighted by Gasteiger charge is -2.05. The van der Waals surface area contributed by atoms with Crippen molar-refractivity contribution in [1.29, 1.82) is 0 Å². The average molecular weight is 253 g/mol. The quantitative estimate of drug-likeness (QED) is 0.563. The number of carbonyl (C=O) groups excluding carboxylic acids is 1. The molecule has 5 heteroatoms. The van der Waals surface area contributed by atoms with Gasteiger partial charge in [-0.15, -0.1) is 0 Å². The van der Waals surface area contributed by atoms with Gasteiger partial charge in [0.25, 0.3) is 0 Å². The monoisotopic (exact) mass is 253 g/mol. The molecule has 0 bridgehead atoms. The zero-order valence-corrected chi connectivity index (χ0v) is 10.6. The van der Waals surface area contributed by atoms with E-state index in [0.717, 1.165) is 24.6 Å². The van der Waals surface area contributed by atoms with Gasteiger partial charge in [-0.1, -0.05) is 0 Å². The summed E-state index contributed by atoms with van der Waals surface area (Å²) in [5.41, 5.74) is 0.809. The van der Waals surface area contributed by atoms with Crippen LogP contribution in [0, 0.1) is 5.92 Å². The van der Waals surface area contributed by atoms with Gasteiger partial charge >= 0.3 is 5.97 Å². The number of ether oxygens (including phenoxy) is 2. The standard InChI is InChI=1S/C13H19NO4/c1-16-13(15)12-11(4-6-18-12)8-14-5-7-17-9-10-2-3-10/h4,6,10,14H,2-3,5,7-9H2,1H3. The van der Waals surface area contributed by atoms with E-state index in [9.17, 15) is 4.79 Å². The molecule has 18 heavy (non-hydrogen) atoms. The molecule has 0 aliphatic heterocycles. The first-order valence-corrected chi connectivity index (χ1v) is 6.24. The molecule has 0 aromatic carbocycles. The van der Waals surface area contributed by atoms with Crippen molar-refractivity contribution in [2.24, 2.45) is 5.92 Å². The van der Waals surface area contributed by atoms with E-state index in [4.69, 9.17) is 9.15 Å². The number of hydrogen-bond acceptors (Lipinski definition) is 5. The van der Waals surface area contributed by atoms with Crippen molar-refractivity contribution in [3.05, 3.63) is 23.7 Å². The summed E-state index contributed by atoms with van der Waals surface area (Å²) in [6, 6.07) is 1.77. The second kappa shape index (κ2) is 6.56. The molecule has 1 saturated carbocycles. The molecule has 0 radical (unpaired) electrons. The predicted molar refractivity (Wildman–Crippen MR) is 65.3 cm³/mol. The van der Waals surface area contributed by atoms with Crippen molar-refractivity contribution >= 4 is 5.97 Å². The lowest BCUT2D eigenvalue weighted by Crippen LogP contribution is -2.20. The van der Waals surface area contributed by atoms with Gasteiger partial charge in [0.05, 0.1) is 20.0 Å². The molecule has 1 N–H and O–H groups in total. The summed E-state index contributed by atoms with van der Waals surface area (Å²) < 4.78 is 15.2. The van der Waals surface area contributed by atoms with Gasteiger partial charge in [-0.25, -0.2) is 4.79 Å². The fourth-order valence-corrected chi connectivity index (χ4v) is 1.65. The molecule has 1 fully saturated rings. The van der Waals surface area contributed by atoms with Crippen LogP contribution in [0.15, 0.2) is 16.7 Å². The van der Waals surface area contributed by atoms with Crippen LogP contribution in [0.4, 0.5) is 0 Å². The number of hydrogen-bond donors (Lipinski definition) is 1. The Bertz CT molecular complexity index is 384. The Labute approximate surface area is 106 Å². The molecule has 1 aromatic rings. The van der Waals surface area contributed by atoms with E-state index in [1.165, 1.54) is 26.2 Å². The molecule has 0 atom stereocenters. The highest BCUT2D eigenvalue weighted by Gasteiger charge is 2.20. The molecule has 1 aliphatic rings. The molecule has 1 heterocycles. The summed E-state index contributed by atoms with van der Waals surface area (Å²) in [4.78, 5) is 11.3. The van der Waals surface area contributed by atoms with E-state index in [2.05, 4.69) is 10.1 Å². The maximum absolute atomic E-state index is 11.3. The molecule has 5 nitrogen and oxygen atoms in total. The molecule has 0 amide bonds. The zero-order chi connectivity index (χ0) is 12.8. The van der Waals surface area contributed by atoms with Crippen LogP contribution >= 0.6 is 0 Å². The predicted octanol–water partition coefficient (Wildman–Crippen LogP) is 1.58. The Morgan fingerprint density at radius 2 is 2.39 bits per heavy atom. The van der Waals surface area contributed by atoms with Crippen LogP contribution in [0.5, 0.6) is 0 Å². The van der Waals surface area contributed by atoms with Crippen molar-refractivity contribution in [3.63, 3.8) is 0 Å². The zero-order valence-electron chi connectivity index (χ0n) is 10.6. The minimum atomic E-state index is -0.443. The SMILES string of the molecule is COC(=O)c1occc1CNCCOCC1CC1. The third-order valence-corrected chi connectivity index (χ3v) is 2.91. The Balaban J connectivity index is 1.63. The number of nitrogens with one attached hydrogen (secondary N) is 1. The van der Waals surface area contributed by atoms with Gasteiger partial charge < -0.3 is 19.2 Å². The van der Waals surface area contributed by atoms with E-state index in [1.807, 2.05) is 0 Å². The first-order valence-electron chi connectivity index (χ1n) is 6.24. The highest BCUT2D eigenvalue weighted by Crippen LogP contribution is 2.28. The third-order valence-electron chi connectivity index (χ3n) is 2.91. The fraction of sp³-hybridized carbons (Fsp3) is 0.615. The van der Waals surface area contributed by atoms with Crippen LogP contribution in [0.25, 0.3) is 0 Å². The highest BCUT2D eigenvalue weighted by molar-refractivity contribution is 5.87. The van der Waals surface area contributed by atoms with Crippen molar-refractivity contribution in [2.45, 2.75) is 19.4 Å². The topological polar surface area (TPSA) is 60.7 Å². The van der Waals surface area contributed by atoms with Gasteiger partial charge in [0.15, 0.2) is 0 Å². The van der Waals surface area contributed by atoms with E-state index in [0.29, 0.717) is 13.2 Å². The van der Waals surface area contributed by atoms with Crippen LogP contribution in [0.2, 0.25) is 0 Å². The smallest absolute Gasteiger partial charge is 0.374 e. The van der Waals surface area contributed by atoms with Gasteiger partial charge in [-0.2, -0.15) is 0 Å². The average Bonchev–Trinajstić information content (AvgIpc) is 3.09. The molecule has 2 rings (SSSR count). The Morgan fingerprint density at radius 1 is 1.56 bits per heavy atom. The molecular weight excluding hydrogens is 234 g/mol. The minimum Gasteiger partial charge on any atom is -0.463 e. The summed E-state index contributed by atoms with van der Waals surface area (Å²) in [6.45, 7) is 2.91. The normalized spacial score (nSPS) is 14.7. The maximum atomic E-state index is 11.3. The molecule has 1 aromatic heterocycles. The van der Waals surface area contributed by atoms with Gasteiger partial charge in [0.1, 0.15) is 0 Å². The second-order valence-electron chi connectivity index (χ2n) is 4.46. The number of carbonyl (C=O) groups is 1. The number of rotatable bonds is 8. The Hall–Kier alpha value is -1.33. The molecular formula is C13H19NO4. The van der Waals surface area contributed by atoms with Crippen LogP contribution in [0.1, 0.15) is 29.0 Å². The molecule has 1 aliphatic carbocycles. The molecule has 0 unspecified atom stereocenters. The summed E-state index contributed by atoms with van der Waals surface area (Å²) >= 11 is 0. The largest absolute Gasteiger partial charge is 0.463 e. The number of esters is 1. The lowest BCUT2D eigenvalue weighted by atomic mass is 10.2. The summed E-state index contributed by atoms with van der Waals surface area (Å²) in [5.74, 6) is 0.621. The Morgan fingerprint density at radius 3 is 3.11 bits per heavy atom. The van der Waals surface area contributed by atoms with Crippen molar-refractivity contribution in [2.75, 3.05) is 26.9 Å². The van der Waals surface area contributed by atoms with Crippen molar-refractivity contribution in [1.82, 2.24) is 5.32 Å². The lowest BCUT2D eigenvalue weighted by molar-refractivity contribution is 0.0563. The van der Waals surface area contributed by atoms with Gasteiger partial charge in [0.2, 0.25) is 5.76 Å². The number of methoxy groups -OCH3 is 1. The highest BCUT2D eigenvalue weighted by atomic mass is 16.5. The summed E-state index contributed by atoms with van der Waals surface area (Å²) in [5, 5.41) is 3.21. The van der Waals surface area contributed by atoms with E-state index in [1.54, 1.807) is 6.07 Å². The molecule has 100 valence electrons. The summed E-state index contributed by atoms with van der Waals surface area (Å²) in [6.07, 6.45) is 4.11. The molecule has 0 saturated heterocycles. The molecule has 0 spiro atoms. The van der Waals surface area contributed by atoms with Crippen molar-refractivity contribution < 1.29 is 18.7 Å². The minimum absolute atomic E-state index is 0.267. The first-order chi connectivity index (χ1) is 8.81. The van der Waals surface area contributed by atoms with Crippen LogP contribution in [-0.4, -0.2) is 32.8 Å². The fourth-order valence-electron chi connectivity index (χ4n) is 1.65. The van der Waals surface area contributed by atoms with Crippen molar-refractivity contribution in [3.8, 4) is 0 Å². The second-order valence-corrected chi connectivity index (χ2v) is 4.46. The Kier molecular flexibility index (Phi) is 4.78. The van der Waals surface area contributed by atoms with Crippen LogP contribution in [0.3, 0.4) is 0 Å². The van der Waals surface area contributed by atoms with Crippen LogP contribution in [-0.2, 0) is 16.0 Å². The van der Waals surface area contributed by atoms with Crippen LogP contribution < -0.4 is 5.32 Å². The van der Waals surface area contributed by atoms with Gasteiger partial charge in [-0.3, -0.25) is 0 Å².